The van der Waals surface area contributed by atoms with E-state index in [2.05, 4.69) is 36.3 Å². The van der Waals surface area contributed by atoms with Gasteiger partial charge in [0.05, 0.1) is 0 Å². The molecule has 0 aromatic carbocycles. The van der Waals surface area contributed by atoms with Gasteiger partial charge in [-0.3, -0.25) is 0 Å². The quantitative estimate of drug-likeness (QED) is 0.736. The molecular weight excluding hydrogens is 218 g/mol. The number of hydrogen-bond acceptors (Lipinski definition) is 2. The molecule has 4 heteroatoms. The van der Waals surface area contributed by atoms with E-state index in [-0.39, 0.29) is 0 Å². The first kappa shape index (κ1) is 13.7. The standard InChI is InChI=1S/C12H25N3S/c1-4-7-15-8-5-11(6-9-15)14-12(16)13-10(2)3/h10-11H,4-9H2,1-3H3,(H2,13,14,16). The molecule has 0 atom stereocenters. The SMILES string of the molecule is CCCN1CCC(NC(=S)NC(C)C)CC1. The Morgan fingerprint density at radius 1 is 1.38 bits per heavy atom. The van der Waals surface area contributed by atoms with Crippen molar-refractivity contribution in [2.24, 2.45) is 0 Å². The summed E-state index contributed by atoms with van der Waals surface area (Å²) in [5.74, 6) is 0. The lowest BCUT2D eigenvalue weighted by Gasteiger charge is -2.32. The van der Waals surface area contributed by atoms with Crippen molar-refractivity contribution in [1.29, 1.82) is 0 Å². The van der Waals surface area contributed by atoms with Crippen LogP contribution in [-0.4, -0.2) is 41.7 Å². The van der Waals surface area contributed by atoms with Gasteiger partial charge in [0.15, 0.2) is 5.11 Å². The van der Waals surface area contributed by atoms with Crippen LogP contribution in [0.3, 0.4) is 0 Å². The summed E-state index contributed by atoms with van der Waals surface area (Å²) in [4.78, 5) is 2.54. The fourth-order valence-corrected chi connectivity index (χ4v) is 2.51. The van der Waals surface area contributed by atoms with Gasteiger partial charge in [0.2, 0.25) is 0 Å². The maximum absolute atomic E-state index is 5.26. The van der Waals surface area contributed by atoms with E-state index in [1.54, 1.807) is 0 Å². The third-order valence-electron chi connectivity index (χ3n) is 2.88. The highest BCUT2D eigenvalue weighted by Gasteiger charge is 2.18. The van der Waals surface area contributed by atoms with Crippen molar-refractivity contribution in [2.75, 3.05) is 19.6 Å². The zero-order valence-corrected chi connectivity index (χ0v) is 11.6. The second-order valence-electron chi connectivity index (χ2n) is 4.89. The Bertz CT molecular complexity index is 210. The molecule has 0 amide bonds. The van der Waals surface area contributed by atoms with Gasteiger partial charge in [0.25, 0.3) is 0 Å². The predicted octanol–water partition coefficient (Wildman–Crippen LogP) is 1.73. The Morgan fingerprint density at radius 3 is 2.50 bits per heavy atom. The van der Waals surface area contributed by atoms with Crippen LogP contribution < -0.4 is 10.6 Å². The predicted molar refractivity (Wildman–Crippen MR) is 73.8 cm³/mol. The lowest BCUT2D eigenvalue weighted by Crippen LogP contribution is -2.49. The summed E-state index contributed by atoms with van der Waals surface area (Å²) in [7, 11) is 0. The van der Waals surface area contributed by atoms with Crippen LogP contribution in [0.4, 0.5) is 0 Å². The maximum Gasteiger partial charge on any atom is 0.166 e. The summed E-state index contributed by atoms with van der Waals surface area (Å²) < 4.78 is 0. The second-order valence-corrected chi connectivity index (χ2v) is 5.30. The van der Waals surface area contributed by atoms with Gasteiger partial charge in [-0.1, -0.05) is 6.92 Å². The van der Waals surface area contributed by atoms with Crippen LogP contribution in [0.5, 0.6) is 0 Å². The molecule has 1 saturated heterocycles. The van der Waals surface area contributed by atoms with Crippen molar-refractivity contribution < 1.29 is 0 Å². The molecule has 0 bridgehead atoms. The van der Waals surface area contributed by atoms with E-state index in [0.717, 1.165) is 5.11 Å². The topological polar surface area (TPSA) is 27.3 Å². The molecule has 1 fully saturated rings. The molecule has 3 nitrogen and oxygen atoms in total. The number of nitrogens with zero attached hydrogens (tertiary/aromatic N) is 1. The highest BCUT2D eigenvalue weighted by Crippen LogP contribution is 2.10. The fraction of sp³-hybridized carbons (Fsp3) is 0.917. The van der Waals surface area contributed by atoms with Crippen LogP contribution in [0.1, 0.15) is 40.0 Å². The van der Waals surface area contributed by atoms with Gasteiger partial charge in [-0.25, -0.2) is 0 Å². The minimum atomic E-state index is 0.417. The molecule has 2 N–H and O–H groups in total. The third kappa shape index (κ3) is 5.12. The van der Waals surface area contributed by atoms with Crippen molar-refractivity contribution in [2.45, 2.75) is 52.1 Å². The molecule has 16 heavy (non-hydrogen) atoms. The molecule has 0 saturated carbocycles. The molecule has 1 aliphatic heterocycles. The number of piperidine rings is 1. The molecule has 0 spiro atoms. The van der Waals surface area contributed by atoms with E-state index < -0.39 is 0 Å². The van der Waals surface area contributed by atoms with E-state index in [4.69, 9.17) is 12.2 Å². The fourth-order valence-electron chi connectivity index (χ4n) is 2.11. The highest BCUT2D eigenvalue weighted by molar-refractivity contribution is 7.80. The maximum atomic E-state index is 5.26. The van der Waals surface area contributed by atoms with Crippen LogP contribution in [-0.2, 0) is 0 Å². The van der Waals surface area contributed by atoms with Gasteiger partial charge < -0.3 is 15.5 Å². The minimum Gasteiger partial charge on any atom is -0.361 e. The Morgan fingerprint density at radius 2 is 2.00 bits per heavy atom. The smallest absolute Gasteiger partial charge is 0.166 e. The first-order chi connectivity index (χ1) is 7.61. The number of hydrogen-bond donors (Lipinski definition) is 2. The number of nitrogens with one attached hydrogen (secondary N) is 2. The van der Waals surface area contributed by atoms with Gasteiger partial charge in [-0.2, -0.15) is 0 Å². The van der Waals surface area contributed by atoms with E-state index in [9.17, 15) is 0 Å². The molecule has 0 aliphatic carbocycles. The van der Waals surface area contributed by atoms with Crippen LogP contribution in [0, 0.1) is 0 Å². The molecule has 94 valence electrons. The summed E-state index contributed by atoms with van der Waals surface area (Å²) in [5, 5.41) is 7.45. The molecule has 1 rings (SSSR count). The van der Waals surface area contributed by atoms with Crippen molar-refractivity contribution in [3.8, 4) is 0 Å². The summed E-state index contributed by atoms with van der Waals surface area (Å²) in [6.07, 6.45) is 3.67. The Hall–Kier alpha value is -0.350. The largest absolute Gasteiger partial charge is 0.361 e. The summed E-state index contributed by atoms with van der Waals surface area (Å²) in [6.45, 7) is 10.1. The molecule has 0 aromatic rings. The van der Waals surface area contributed by atoms with E-state index in [0.29, 0.717) is 12.1 Å². The monoisotopic (exact) mass is 243 g/mol. The Kier molecular flexibility index (Phi) is 6.06. The first-order valence-corrected chi connectivity index (χ1v) is 6.82. The lowest BCUT2D eigenvalue weighted by molar-refractivity contribution is 0.206. The lowest BCUT2D eigenvalue weighted by atomic mass is 10.1. The molecular formula is C12H25N3S. The Balaban J connectivity index is 2.19. The number of rotatable bonds is 4. The van der Waals surface area contributed by atoms with Crippen molar-refractivity contribution in [3.05, 3.63) is 0 Å². The van der Waals surface area contributed by atoms with E-state index >= 15 is 0 Å². The zero-order valence-electron chi connectivity index (χ0n) is 10.8. The zero-order chi connectivity index (χ0) is 12.0. The summed E-state index contributed by atoms with van der Waals surface area (Å²) in [6, 6.07) is 0.979. The van der Waals surface area contributed by atoms with Gasteiger partial charge in [0.1, 0.15) is 0 Å². The van der Waals surface area contributed by atoms with Crippen molar-refractivity contribution in [3.63, 3.8) is 0 Å². The minimum absolute atomic E-state index is 0.417. The van der Waals surface area contributed by atoms with Crippen LogP contribution in [0.15, 0.2) is 0 Å². The van der Waals surface area contributed by atoms with Crippen molar-refractivity contribution in [1.82, 2.24) is 15.5 Å². The molecule has 0 unspecified atom stereocenters. The van der Waals surface area contributed by atoms with Crippen LogP contribution >= 0.6 is 12.2 Å². The van der Waals surface area contributed by atoms with Gasteiger partial charge in [-0.05, 0) is 51.9 Å². The Labute approximate surface area is 105 Å². The number of thiocarbonyl (C=S) groups is 1. The van der Waals surface area contributed by atoms with E-state index in [1.165, 1.54) is 38.9 Å². The third-order valence-corrected chi connectivity index (χ3v) is 3.12. The van der Waals surface area contributed by atoms with Gasteiger partial charge >= 0.3 is 0 Å². The molecule has 0 radical (unpaired) electrons. The summed E-state index contributed by atoms with van der Waals surface area (Å²) >= 11 is 5.26. The highest BCUT2D eigenvalue weighted by atomic mass is 32.1. The normalized spacial score (nSPS) is 18.8. The number of likely N-dealkylation sites (tertiary alicyclic amines) is 1. The first-order valence-electron chi connectivity index (χ1n) is 6.41. The van der Waals surface area contributed by atoms with Gasteiger partial charge in [0, 0.05) is 25.2 Å². The second kappa shape index (κ2) is 7.07. The van der Waals surface area contributed by atoms with Crippen molar-refractivity contribution >= 4 is 17.3 Å². The summed E-state index contributed by atoms with van der Waals surface area (Å²) in [5.41, 5.74) is 0. The average molecular weight is 243 g/mol. The molecule has 1 heterocycles. The molecule has 0 aromatic heterocycles. The average Bonchev–Trinajstić information content (AvgIpc) is 2.20. The van der Waals surface area contributed by atoms with Crippen LogP contribution in [0.25, 0.3) is 0 Å². The molecule has 1 aliphatic rings. The van der Waals surface area contributed by atoms with Gasteiger partial charge in [-0.15, -0.1) is 0 Å². The van der Waals surface area contributed by atoms with Crippen LogP contribution in [0.2, 0.25) is 0 Å². The van der Waals surface area contributed by atoms with E-state index in [1.807, 2.05) is 0 Å².